The molecular weight excluding hydrogens is 292 g/mol. The first kappa shape index (κ1) is 17.7. The first-order chi connectivity index (χ1) is 11.2. The van der Waals surface area contributed by atoms with Crippen LogP contribution in [0.3, 0.4) is 0 Å². The molecule has 2 rings (SSSR count). The molecule has 0 aliphatic carbocycles. The third kappa shape index (κ3) is 6.56. The fourth-order valence-corrected chi connectivity index (χ4v) is 2.69. The smallest absolute Gasteiger partial charge is 0.248 e. The highest BCUT2D eigenvalue weighted by Crippen LogP contribution is 2.15. The Morgan fingerprint density at radius 2 is 2.13 bits per heavy atom. The van der Waals surface area contributed by atoms with Gasteiger partial charge in [0.1, 0.15) is 6.54 Å². The van der Waals surface area contributed by atoms with Gasteiger partial charge in [0, 0.05) is 13.1 Å². The van der Waals surface area contributed by atoms with Gasteiger partial charge in [-0.15, -0.1) is 0 Å². The van der Waals surface area contributed by atoms with Crippen LogP contribution in [-0.2, 0) is 6.54 Å². The van der Waals surface area contributed by atoms with E-state index in [0.717, 1.165) is 37.9 Å². The average Bonchev–Trinajstić information content (AvgIpc) is 2.96. The normalized spacial score (nSPS) is 17.4. The summed E-state index contributed by atoms with van der Waals surface area (Å²) in [5.41, 5.74) is 0. The summed E-state index contributed by atoms with van der Waals surface area (Å²) in [6.45, 7) is 12.0. The lowest BCUT2D eigenvalue weighted by Crippen LogP contribution is -2.39. The molecule has 1 saturated heterocycles. The van der Waals surface area contributed by atoms with E-state index in [0.29, 0.717) is 18.3 Å². The summed E-state index contributed by atoms with van der Waals surface area (Å²) in [5, 5.41) is 10.4. The second-order valence-corrected chi connectivity index (χ2v) is 6.23. The Kier molecular flexibility index (Phi) is 7.32. The van der Waals surface area contributed by atoms with Gasteiger partial charge in [-0.1, -0.05) is 12.1 Å². The van der Waals surface area contributed by atoms with Gasteiger partial charge in [-0.2, -0.15) is 4.98 Å². The molecule has 2 N–H and O–H groups in total. The molecule has 23 heavy (non-hydrogen) atoms. The third-order valence-corrected chi connectivity index (χ3v) is 4.11. The van der Waals surface area contributed by atoms with E-state index in [2.05, 4.69) is 44.5 Å². The van der Waals surface area contributed by atoms with Crippen molar-refractivity contribution >= 4 is 5.96 Å². The largest absolute Gasteiger partial charge is 0.357 e. The summed E-state index contributed by atoms with van der Waals surface area (Å²) in [4.78, 5) is 11.2. The van der Waals surface area contributed by atoms with E-state index < -0.39 is 0 Å². The molecule has 0 spiro atoms. The van der Waals surface area contributed by atoms with Gasteiger partial charge in [-0.25, -0.2) is 4.99 Å². The number of aromatic nitrogens is 2. The minimum Gasteiger partial charge on any atom is -0.357 e. The lowest BCUT2D eigenvalue weighted by atomic mass is 9.99. The van der Waals surface area contributed by atoms with Crippen molar-refractivity contribution in [2.45, 2.75) is 46.6 Å². The summed E-state index contributed by atoms with van der Waals surface area (Å²) in [6, 6.07) is 0. The number of hydrogen-bond donors (Lipinski definition) is 2. The summed E-state index contributed by atoms with van der Waals surface area (Å²) in [7, 11) is 0. The highest BCUT2D eigenvalue weighted by atomic mass is 16.5. The van der Waals surface area contributed by atoms with Crippen molar-refractivity contribution in [3.8, 4) is 0 Å². The van der Waals surface area contributed by atoms with Crippen molar-refractivity contribution in [2.75, 3.05) is 32.7 Å². The Morgan fingerprint density at radius 1 is 1.35 bits per heavy atom. The monoisotopic (exact) mass is 322 g/mol. The van der Waals surface area contributed by atoms with Crippen LogP contribution in [0.1, 0.15) is 44.8 Å². The molecule has 1 aliphatic rings. The zero-order valence-electron chi connectivity index (χ0n) is 14.6. The molecular formula is C16H30N6O. The fourth-order valence-electron chi connectivity index (χ4n) is 2.69. The summed E-state index contributed by atoms with van der Waals surface area (Å²) in [6.07, 6.45) is 3.79. The van der Waals surface area contributed by atoms with Crippen molar-refractivity contribution in [3.05, 3.63) is 11.7 Å². The Bertz CT molecular complexity index is 479. The van der Waals surface area contributed by atoms with Crippen LogP contribution in [0.25, 0.3) is 0 Å². The number of piperidine rings is 1. The van der Waals surface area contributed by atoms with E-state index in [-0.39, 0.29) is 0 Å². The predicted octanol–water partition coefficient (Wildman–Crippen LogP) is 1.56. The molecule has 1 fully saturated rings. The minimum atomic E-state index is 0.403. The van der Waals surface area contributed by atoms with Crippen LogP contribution >= 0.6 is 0 Å². The minimum absolute atomic E-state index is 0.403. The Balaban J connectivity index is 1.67. The van der Waals surface area contributed by atoms with Crippen molar-refractivity contribution in [2.24, 2.45) is 10.9 Å². The lowest BCUT2D eigenvalue weighted by Gasteiger charge is -2.30. The molecule has 0 saturated carbocycles. The maximum Gasteiger partial charge on any atom is 0.248 e. The molecule has 1 aromatic heterocycles. The quantitative estimate of drug-likeness (QED) is 0.450. The van der Waals surface area contributed by atoms with Gasteiger partial charge >= 0.3 is 0 Å². The SMILES string of the molecule is CCNC(=NCc1nc(C)no1)NCCCN1CCC(C)CC1. The lowest BCUT2D eigenvalue weighted by molar-refractivity contribution is 0.191. The van der Waals surface area contributed by atoms with Gasteiger partial charge in [-0.05, 0) is 58.7 Å². The van der Waals surface area contributed by atoms with Crippen LogP contribution in [-0.4, -0.2) is 53.7 Å². The fraction of sp³-hybridized carbons (Fsp3) is 0.812. The maximum atomic E-state index is 5.08. The van der Waals surface area contributed by atoms with E-state index in [1.165, 1.54) is 25.9 Å². The molecule has 130 valence electrons. The van der Waals surface area contributed by atoms with Crippen molar-refractivity contribution in [1.82, 2.24) is 25.7 Å². The van der Waals surface area contributed by atoms with Crippen molar-refractivity contribution < 1.29 is 4.52 Å². The van der Waals surface area contributed by atoms with E-state index in [1.54, 1.807) is 0 Å². The number of hydrogen-bond acceptors (Lipinski definition) is 5. The molecule has 0 radical (unpaired) electrons. The molecule has 1 aromatic rings. The number of rotatable bonds is 7. The van der Waals surface area contributed by atoms with Gasteiger partial charge in [0.05, 0.1) is 0 Å². The van der Waals surface area contributed by atoms with Gasteiger partial charge in [-0.3, -0.25) is 0 Å². The Labute approximate surface area is 138 Å². The van der Waals surface area contributed by atoms with Gasteiger partial charge in [0.2, 0.25) is 5.89 Å². The number of aryl methyl sites for hydroxylation is 1. The Morgan fingerprint density at radius 3 is 2.78 bits per heavy atom. The molecule has 0 amide bonds. The van der Waals surface area contributed by atoms with Crippen LogP contribution in [0.15, 0.2) is 9.52 Å². The molecule has 0 bridgehead atoms. The second-order valence-electron chi connectivity index (χ2n) is 6.23. The summed E-state index contributed by atoms with van der Waals surface area (Å²) < 4.78 is 5.08. The number of nitrogens with zero attached hydrogens (tertiary/aromatic N) is 4. The molecule has 7 heteroatoms. The standard InChI is InChI=1S/C16H30N6O/c1-4-17-16(19-12-15-20-14(3)21-23-15)18-8-5-9-22-10-6-13(2)7-11-22/h13H,4-12H2,1-3H3,(H2,17,18,19). The average molecular weight is 322 g/mol. The van der Waals surface area contributed by atoms with E-state index in [1.807, 2.05) is 6.92 Å². The number of aliphatic imine (C=N–C) groups is 1. The molecule has 0 atom stereocenters. The highest BCUT2D eigenvalue weighted by molar-refractivity contribution is 5.79. The van der Waals surface area contributed by atoms with Gasteiger partial charge in [0.25, 0.3) is 0 Å². The molecule has 0 unspecified atom stereocenters. The van der Waals surface area contributed by atoms with Crippen molar-refractivity contribution in [3.63, 3.8) is 0 Å². The molecule has 0 aromatic carbocycles. The first-order valence-electron chi connectivity index (χ1n) is 8.71. The third-order valence-electron chi connectivity index (χ3n) is 4.11. The van der Waals surface area contributed by atoms with Crippen LogP contribution in [0.5, 0.6) is 0 Å². The van der Waals surface area contributed by atoms with E-state index in [4.69, 9.17) is 4.52 Å². The number of nitrogens with one attached hydrogen (secondary N) is 2. The number of guanidine groups is 1. The van der Waals surface area contributed by atoms with Gasteiger partial charge < -0.3 is 20.1 Å². The molecule has 7 nitrogen and oxygen atoms in total. The Hall–Kier alpha value is -1.63. The summed E-state index contributed by atoms with van der Waals surface area (Å²) in [5.74, 6) is 2.88. The van der Waals surface area contributed by atoms with E-state index in [9.17, 15) is 0 Å². The molecule has 2 heterocycles. The second kappa shape index (κ2) is 9.50. The van der Waals surface area contributed by atoms with Gasteiger partial charge in [0.15, 0.2) is 11.8 Å². The highest BCUT2D eigenvalue weighted by Gasteiger charge is 2.14. The first-order valence-corrected chi connectivity index (χ1v) is 8.71. The van der Waals surface area contributed by atoms with Crippen LogP contribution in [0.4, 0.5) is 0 Å². The van der Waals surface area contributed by atoms with E-state index >= 15 is 0 Å². The van der Waals surface area contributed by atoms with Crippen LogP contribution in [0.2, 0.25) is 0 Å². The zero-order valence-corrected chi connectivity index (χ0v) is 14.6. The zero-order chi connectivity index (χ0) is 16.5. The number of likely N-dealkylation sites (tertiary alicyclic amines) is 1. The van der Waals surface area contributed by atoms with Crippen LogP contribution in [0, 0.1) is 12.8 Å². The predicted molar refractivity (Wildman–Crippen MR) is 91.3 cm³/mol. The van der Waals surface area contributed by atoms with Crippen LogP contribution < -0.4 is 10.6 Å². The topological polar surface area (TPSA) is 78.6 Å². The summed E-state index contributed by atoms with van der Waals surface area (Å²) >= 11 is 0. The molecule has 1 aliphatic heterocycles. The maximum absolute atomic E-state index is 5.08. The van der Waals surface area contributed by atoms with Crippen molar-refractivity contribution in [1.29, 1.82) is 0 Å².